The van der Waals surface area contributed by atoms with E-state index in [0.717, 1.165) is 0 Å². The number of ether oxygens (including phenoxy) is 1. The Balaban J connectivity index is 2.51. The van der Waals surface area contributed by atoms with Gasteiger partial charge in [0.25, 0.3) is 0 Å². The van der Waals surface area contributed by atoms with Gasteiger partial charge in [-0.25, -0.2) is 0 Å². The largest absolute Gasteiger partial charge is 0.393 e. The van der Waals surface area contributed by atoms with E-state index in [4.69, 9.17) is 4.74 Å². The molecule has 1 fully saturated rings. The van der Waals surface area contributed by atoms with E-state index < -0.39 is 11.9 Å². The van der Waals surface area contributed by atoms with Gasteiger partial charge in [-0.3, -0.25) is 0 Å². The van der Waals surface area contributed by atoms with E-state index in [1.165, 1.54) is 0 Å². The zero-order valence-corrected chi connectivity index (χ0v) is 6.37. The zero-order valence-electron chi connectivity index (χ0n) is 6.37. The highest BCUT2D eigenvalue weighted by molar-refractivity contribution is 4.76. The highest BCUT2D eigenvalue weighted by Crippen LogP contribution is 2.25. The van der Waals surface area contributed by atoms with Crippen LogP contribution in [0.5, 0.6) is 0 Å². The van der Waals surface area contributed by atoms with Crippen molar-refractivity contribution in [2.24, 2.45) is 0 Å². The van der Waals surface area contributed by atoms with Crippen LogP contribution in [0.15, 0.2) is 0 Å². The molecule has 0 saturated carbocycles. The summed E-state index contributed by atoms with van der Waals surface area (Å²) in [5.41, 5.74) is 0. The molecule has 0 radical (unpaired) electrons. The summed E-state index contributed by atoms with van der Waals surface area (Å²) in [4.78, 5) is 0. The van der Waals surface area contributed by atoms with Crippen LogP contribution in [0.3, 0.4) is 0 Å². The fourth-order valence-corrected chi connectivity index (χ4v) is 1.43. The summed E-state index contributed by atoms with van der Waals surface area (Å²) >= 11 is 0. The normalized spacial score (nSPS) is 49.2. The average molecular weight is 146 g/mol. The van der Waals surface area contributed by atoms with Crippen LogP contribution < -0.4 is 0 Å². The Morgan fingerprint density at radius 3 is 2.60 bits per heavy atom. The van der Waals surface area contributed by atoms with Crippen LogP contribution in [0.4, 0.5) is 0 Å². The minimum absolute atomic E-state index is 0.0428. The number of hydrogen-bond acceptors (Lipinski definition) is 3. The minimum Gasteiger partial charge on any atom is -0.393 e. The van der Waals surface area contributed by atoms with Crippen molar-refractivity contribution in [1.29, 1.82) is 0 Å². The Hall–Kier alpha value is -0.120. The van der Waals surface area contributed by atoms with Crippen molar-refractivity contribution < 1.29 is 14.9 Å². The van der Waals surface area contributed by atoms with Crippen molar-refractivity contribution in [3.63, 3.8) is 0 Å². The van der Waals surface area contributed by atoms with E-state index in [2.05, 4.69) is 0 Å². The van der Waals surface area contributed by atoms with Crippen molar-refractivity contribution in [1.82, 2.24) is 0 Å². The first-order valence-corrected chi connectivity index (χ1v) is 3.58. The first kappa shape index (κ1) is 7.98. The molecule has 2 unspecified atom stereocenters. The third kappa shape index (κ3) is 1.94. The van der Waals surface area contributed by atoms with Gasteiger partial charge in [0.15, 0.2) is 5.79 Å². The second kappa shape index (κ2) is 2.49. The van der Waals surface area contributed by atoms with Crippen LogP contribution in [0.2, 0.25) is 0 Å². The lowest BCUT2D eigenvalue weighted by molar-refractivity contribution is -0.256. The maximum atomic E-state index is 9.33. The smallest absolute Gasteiger partial charge is 0.165 e. The monoisotopic (exact) mass is 146 g/mol. The SMILES string of the molecule is CC1CC(O)C[C@@](C)(O)O1. The second-order valence-corrected chi connectivity index (χ2v) is 3.20. The highest BCUT2D eigenvalue weighted by Gasteiger charge is 2.33. The van der Waals surface area contributed by atoms with E-state index in [1.807, 2.05) is 6.92 Å². The van der Waals surface area contributed by atoms with Crippen LogP contribution in [-0.4, -0.2) is 28.2 Å². The first-order valence-electron chi connectivity index (χ1n) is 3.58. The molecule has 1 aliphatic heterocycles. The average Bonchev–Trinajstić information content (AvgIpc) is 1.54. The van der Waals surface area contributed by atoms with Gasteiger partial charge < -0.3 is 14.9 Å². The minimum atomic E-state index is -1.13. The lowest BCUT2D eigenvalue weighted by Gasteiger charge is -2.35. The number of rotatable bonds is 0. The Morgan fingerprint density at radius 1 is 1.60 bits per heavy atom. The number of aliphatic hydroxyl groups excluding tert-OH is 1. The molecule has 3 nitrogen and oxygen atoms in total. The Morgan fingerprint density at radius 2 is 2.20 bits per heavy atom. The van der Waals surface area contributed by atoms with Gasteiger partial charge in [-0.15, -0.1) is 0 Å². The van der Waals surface area contributed by atoms with E-state index in [1.54, 1.807) is 6.92 Å². The third-order valence-electron chi connectivity index (χ3n) is 1.67. The van der Waals surface area contributed by atoms with E-state index >= 15 is 0 Å². The fourth-order valence-electron chi connectivity index (χ4n) is 1.43. The van der Waals surface area contributed by atoms with Crippen molar-refractivity contribution in [3.05, 3.63) is 0 Å². The van der Waals surface area contributed by atoms with E-state index in [-0.39, 0.29) is 6.10 Å². The number of hydrogen-bond donors (Lipinski definition) is 2. The van der Waals surface area contributed by atoms with E-state index in [0.29, 0.717) is 12.8 Å². The van der Waals surface area contributed by atoms with Crippen LogP contribution in [0.25, 0.3) is 0 Å². The molecule has 2 N–H and O–H groups in total. The predicted molar refractivity (Wildman–Crippen MR) is 36.4 cm³/mol. The van der Waals surface area contributed by atoms with Crippen LogP contribution >= 0.6 is 0 Å². The van der Waals surface area contributed by atoms with Gasteiger partial charge in [-0.2, -0.15) is 0 Å². The molecule has 0 bridgehead atoms. The van der Waals surface area contributed by atoms with Crippen molar-refractivity contribution in [3.8, 4) is 0 Å². The van der Waals surface area contributed by atoms with Crippen molar-refractivity contribution in [2.45, 2.75) is 44.7 Å². The molecule has 0 amide bonds. The third-order valence-corrected chi connectivity index (χ3v) is 1.67. The Kier molecular flexibility index (Phi) is 1.99. The molecule has 0 aromatic heterocycles. The molecule has 1 saturated heterocycles. The summed E-state index contributed by atoms with van der Waals surface area (Å²) in [7, 11) is 0. The summed E-state index contributed by atoms with van der Waals surface area (Å²) in [6, 6.07) is 0. The molecule has 10 heavy (non-hydrogen) atoms. The molecule has 3 heteroatoms. The highest BCUT2D eigenvalue weighted by atomic mass is 16.6. The molecule has 3 atom stereocenters. The summed E-state index contributed by atoms with van der Waals surface area (Å²) in [5, 5.41) is 18.5. The van der Waals surface area contributed by atoms with Gasteiger partial charge in [0.1, 0.15) is 0 Å². The molecule has 0 aliphatic carbocycles. The molecule has 0 aromatic rings. The van der Waals surface area contributed by atoms with Gasteiger partial charge in [0, 0.05) is 6.42 Å². The van der Waals surface area contributed by atoms with Gasteiger partial charge in [-0.05, 0) is 20.3 Å². The van der Waals surface area contributed by atoms with Gasteiger partial charge >= 0.3 is 0 Å². The summed E-state index contributed by atoms with van der Waals surface area (Å²) in [6.45, 7) is 3.42. The molecular formula is C7H14O3. The lowest BCUT2D eigenvalue weighted by Crippen LogP contribution is -2.42. The lowest BCUT2D eigenvalue weighted by atomic mass is 10.0. The summed E-state index contributed by atoms with van der Waals surface area (Å²) < 4.78 is 5.14. The molecule has 60 valence electrons. The van der Waals surface area contributed by atoms with Gasteiger partial charge in [0.05, 0.1) is 12.2 Å². The molecule has 1 aliphatic rings. The maximum absolute atomic E-state index is 9.33. The van der Waals surface area contributed by atoms with Crippen LogP contribution in [0, 0.1) is 0 Å². The van der Waals surface area contributed by atoms with Crippen LogP contribution in [-0.2, 0) is 4.74 Å². The Bertz CT molecular complexity index is 110. The number of aliphatic hydroxyl groups is 2. The van der Waals surface area contributed by atoms with E-state index in [9.17, 15) is 10.2 Å². The second-order valence-electron chi connectivity index (χ2n) is 3.20. The Labute approximate surface area is 60.6 Å². The fraction of sp³-hybridized carbons (Fsp3) is 1.00. The molecule has 0 spiro atoms. The predicted octanol–water partition coefficient (Wildman–Crippen LogP) is 0.255. The van der Waals surface area contributed by atoms with Gasteiger partial charge in [0.2, 0.25) is 0 Å². The summed E-state index contributed by atoms with van der Waals surface area (Å²) in [5.74, 6) is -1.13. The molecule has 1 heterocycles. The topological polar surface area (TPSA) is 49.7 Å². The first-order chi connectivity index (χ1) is 4.49. The quantitative estimate of drug-likeness (QED) is 0.515. The molecular weight excluding hydrogens is 132 g/mol. The summed E-state index contributed by atoms with van der Waals surface area (Å²) in [6.07, 6.45) is 0.477. The molecule has 1 rings (SSSR count). The zero-order chi connectivity index (χ0) is 7.78. The molecule has 0 aromatic carbocycles. The van der Waals surface area contributed by atoms with Crippen molar-refractivity contribution in [2.75, 3.05) is 0 Å². The van der Waals surface area contributed by atoms with Crippen molar-refractivity contribution >= 4 is 0 Å². The van der Waals surface area contributed by atoms with Crippen LogP contribution in [0.1, 0.15) is 26.7 Å². The van der Waals surface area contributed by atoms with Gasteiger partial charge in [-0.1, -0.05) is 0 Å². The standard InChI is InChI=1S/C7H14O3/c1-5-3-6(8)4-7(2,9)10-5/h5-6,8-9H,3-4H2,1-2H3/t5?,6?,7-/m0/s1. The maximum Gasteiger partial charge on any atom is 0.165 e.